The van der Waals surface area contributed by atoms with Crippen LogP contribution in [-0.4, -0.2) is 15.9 Å². The molecule has 1 atom stereocenters. The molecule has 3 N–H and O–H groups in total. The molecule has 2 aromatic carbocycles. The molecule has 0 radical (unpaired) electrons. The third-order valence-electron chi connectivity index (χ3n) is 3.58. The number of amides is 1. The molecule has 0 saturated heterocycles. The highest BCUT2D eigenvalue weighted by Gasteiger charge is 2.16. The van der Waals surface area contributed by atoms with Crippen molar-refractivity contribution in [3.63, 3.8) is 0 Å². The average molecular weight is 292 g/mol. The van der Waals surface area contributed by atoms with Gasteiger partial charge in [-0.2, -0.15) is 0 Å². The molecular formula is C17H16N4O. The van der Waals surface area contributed by atoms with Gasteiger partial charge >= 0.3 is 0 Å². The van der Waals surface area contributed by atoms with E-state index in [0.717, 1.165) is 16.3 Å². The molecule has 22 heavy (non-hydrogen) atoms. The number of anilines is 1. The van der Waals surface area contributed by atoms with Gasteiger partial charge in [-0.1, -0.05) is 42.5 Å². The molecule has 0 aliphatic rings. The number of rotatable bonds is 3. The van der Waals surface area contributed by atoms with Crippen LogP contribution in [0.25, 0.3) is 10.8 Å². The number of hydrogen-bond acceptors (Lipinski definition) is 4. The first-order chi connectivity index (χ1) is 10.7. The van der Waals surface area contributed by atoms with E-state index in [4.69, 9.17) is 5.73 Å². The van der Waals surface area contributed by atoms with Crippen LogP contribution in [0.2, 0.25) is 0 Å². The molecule has 0 saturated carbocycles. The molecule has 5 nitrogen and oxygen atoms in total. The summed E-state index contributed by atoms with van der Waals surface area (Å²) < 4.78 is 0. The Bertz CT molecular complexity index is 826. The lowest BCUT2D eigenvalue weighted by molar-refractivity contribution is 0.0936. The van der Waals surface area contributed by atoms with Gasteiger partial charge in [0.15, 0.2) is 11.5 Å². The van der Waals surface area contributed by atoms with Crippen LogP contribution in [0.5, 0.6) is 0 Å². The largest absolute Gasteiger partial charge is 0.382 e. The zero-order valence-corrected chi connectivity index (χ0v) is 12.2. The highest BCUT2D eigenvalue weighted by Crippen LogP contribution is 2.24. The normalized spacial score (nSPS) is 12.0. The fourth-order valence-corrected chi connectivity index (χ4v) is 2.49. The topological polar surface area (TPSA) is 80.9 Å². The van der Waals surface area contributed by atoms with Crippen molar-refractivity contribution in [3.8, 4) is 0 Å². The van der Waals surface area contributed by atoms with Crippen LogP contribution < -0.4 is 11.1 Å². The van der Waals surface area contributed by atoms with E-state index < -0.39 is 0 Å². The molecule has 0 aliphatic carbocycles. The van der Waals surface area contributed by atoms with Crippen molar-refractivity contribution in [3.05, 3.63) is 66.1 Å². The van der Waals surface area contributed by atoms with Crippen LogP contribution >= 0.6 is 0 Å². The molecule has 0 aliphatic heterocycles. The Kier molecular flexibility index (Phi) is 3.70. The first-order valence-electron chi connectivity index (χ1n) is 7.02. The molecule has 1 unspecified atom stereocenters. The van der Waals surface area contributed by atoms with Gasteiger partial charge in [0.2, 0.25) is 0 Å². The summed E-state index contributed by atoms with van der Waals surface area (Å²) in [5.41, 5.74) is 6.89. The Morgan fingerprint density at radius 3 is 2.64 bits per heavy atom. The van der Waals surface area contributed by atoms with Crippen molar-refractivity contribution in [1.29, 1.82) is 0 Å². The lowest BCUT2D eigenvalue weighted by Crippen LogP contribution is -2.28. The standard InChI is InChI=1S/C17H16N4O/c1-11(21-17(22)15-16(18)20-10-9-19-15)13-8-4-6-12-5-2-3-7-14(12)13/h2-11H,1H3,(H2,18,20)(H,21,22). The van der Waals surface area contributed by atoms with Crippen LogP contribution in [0.3, 0.4) is 0 Å². The molecule has 110 valence electrons. The number of nitrogen functional groups attached to an aromatic ring is 1. The van der Waals surface area contributed by atoms with Crippen molar-refractivity contribution >= 4 is 22.5 Å². The molecule has 3 rings (SSSR count). The Hall–Kier alpha value is -2.95. The zero-order chi connectivity index (χ0) is 15.5. The maximum atomic E-state index is 12.3. The summed E-state index contributed by atoms with van der Waals surface area (Å²) in [5, 5.41) is 5.18. The van der Waals surface area contributed by atoms with Crippen molar-refractivity contribution in [2.24, 2.45) is 0 Å². The Morgan fingerprint density at radius 2 is 1.82 bits per heavy atom. The van der Waals surface area contributed by atoms with Gasteiger partial charge in [-0.3, -0.25) is 4.79 Å². The second-order valence-electron chi connectivity index (χ2n) is 5.05. The van der Waals surface area contributed by atoms with Crippen molar-refractivity contribution in [2.45, 2.75) is 13.0 Å². The Balaban J connectivity index is 1.89. The second-order valence-corrected chi connectivity index (χ2v) is 5.05. The van der Waals surface area contributed by atoms with Gasteiger partial charge in [0.05, 0.1) is 6.04 Å². The number of hydrogen-bond donors (Lipinski definition) is 2. The zero-order valence-electron chi connectivity index (χ0n) is 12.2. The van der Waals surface area contributed by atoms with E-state index in [-0.39, 0.29) is 23.5 Å². The van der Waals surface area contributed by atoms with E-state index in [1.54, 1.807) is 0 Å². The number of fused-ring (bicyclic) bond motifs is 1. The summed E-state index contributed by atoms with van der Waals surface area (Å²) in [7, 11) is 0. The molecule has 0 spiro atoms. The van der Waals surface area contributed by atoms with E-state index in [1.165, 1.54) is 12.4 Å². The van der Waals surface area contributed by atoms with E-state index in [9.17, 15) is 4.79 Å². The molecule has 1 aromatic heterocycles. The minimum atomic E-state index is -0.328. The van der Waals surface area contributed by atoms with Crippen LogP contribution in [0.1, 0.15) is 29.0 Å². The van der Waals surface area contributed by atoms with Crippen molar-refractivity contribution in [2.75, 3.05) is 5.73 Å². The number of nitrogens with two attached hydrogens (primary N) is 1. The Labute approximate surface area is 128 Å². The predicted octanol–water partition coefficient (Wildman–Crippen LogP) is 2.70. The predicted molar refractivity (Wildman–Crippen MR) is 86.3 cm³/mol. The lowest BCUT2D eigenvalue weighted by Gasteiger charge is -2.16. The summed E-state index contributed by atoms with van der Waals surface area (Å²) in [6, 6.07) is 14.0. The number of benzene rings is 2. The number of carbonyl (C=O) groups excluding carboxylic acids is 1. The fourth-order valence-electron chi connectivity index (χ4n) is 2.49. The van der Waals surface area contributed by atoms with Gasteiger partial charge in [0.25, 0.3) is 5.91 Å². The fraction of sp³-hybridized carbons (Fsp3) is 0.118. The monoisotopic (exact) mass is 292 g/mol. The highest BCUT2D eigenvalue weighted by molar-refractivity contribution is 5.96. The van der Waals surface area contributed by atoms with Crippen LogP contribution in [-0.2, 0) is 0 Å². The van der Waals surface area contributed by atoms with Crippen molar-refractivity contribution < 1.29 is 4.79 Å². The number of aromatic nitrogens is 2. The van der Waals surface area contributed by atoms with Gasteiger partial charge in [-0.15, -0.1) is 0 Å². The van der Waals surface area contributed by atoms with Gasteiger partial charge in [-0.25, -0.2) is 9.97 Å². The number of nitrogens with one attached hydrogen (secondary N) is 1. The second kappa shape index (κ2) is 5.81. The molecule has 0 bridgehead atoms. The SMILES string of the molecule is CC(NC(=O)c1nccnc1N)c1cccc2ccccc12. The molecule has 5 heteroatoms. The third kappa shape index (κ3) is 2.61. The van der Waals surface area contributed by atoms with E-state index >= 15 is 0 Å². The number of nitrogens with zero attached hydrogens (tertiary/aromatic N) is 2. The first-order valence-corrected chi connectivity index (χ1v) is 7.02. The van der Waals surface area contributed by atoms with Gasteiger partial charge in [0, 0.05) is 12.4 Å². The summed E-state index contributed by atoms with van der Waals surface area (Å²) in [5.74, 6) is -0.198. The average Bonchev–Trinajstić information content (AvgIpc) is 2.54. The summed E-state index contributed by atoms with van der Waals surface area (Å²) >= 11 is 0. The minimum Gasteiger partial charge on any atom is -0.382 e. The lowest BCUT2D eigenvalue weighted by atomic mass is 9.99. The van der Waals surface area contributed by atoms with Crippen LogP contribution in [0, 0.1) is 0 Å². The number of carbonyl (C=O) groups is 1. The van der Waals surface area contributed by atoms with E-state index in [2.05, 4.69) is 15.3 Å². The van der Waals surface area contributed by atoms with Crippen LogP contribution in [0.4, 0.5) is 5.82 Å². The maximum absolute atomic E-state index is 12.3. The summed E-state index contributed by atoms with van der Waals surface area (Å²) in [6.07, 6.45) is 2.91. The van der Waals surface area contributed by atoms with Gasteiger partial charge in [-0.05, 0) is 23.3 Å². The molecule has 1 amide bonds. The summed E-state index contributed by atoms with van der Waals surface area (Å²) in [6.45, 7) is 1.94. The summed E-state index contributed by atoms with van der Waals surface area (Å²) in [4.78, 5) is 20.2. The van der Waals surface area contributed by atoms with Gasteiger partial charge in [0.1, 0.15) is 0 Å². The third-order valence-corrected chi connectivity index (χ3v) is 3.58. The first kappa shape index (κ1) is 14.0. The quantitative estimate of drug-likeness (QED) is 0.777. The maximum Gasteiger partial charge on any atom is 0.274 e. The van der Waals surface area contributed by atoms with Crippen molar-refractivity contribution in [1.82, 2.24) is 15.3 Å². The smallest absolute Gasteiger partial charge is 0.274 e. The molecule has 3 aromatic rings. The van der Waals surface area contributed by atoms with Crippen LogP contribution in [0.15, 0.2) is 54.9 Å². The molecule has 0 fully saturated rings. The minimum absolute atomic E-state index is 0.130. The molecule has 1 heterocycles. The molecular weight excluding hydrogens is 276 g/mol. The van der Waals surface area contributed by atoms with Gasteiger partial charge < -0.3 is 11.1 Å². The highest BCUT2D eigenvalue weighted by atomic mass is 16.2. The van der Waals surface area contributed by atoms with E-state index in [1.807, 2.05) is 49.4 Å². The Morgan fingerprint density at radius 1 is 1.09 bits per heavy atom. The van der Waals surface area contributed by atoms with E-state index in [0.29, 0.717) is 0 Å².